The Bertz CT molecular complexity index is 1170. The van der Waals surface area contributed by atoms with Crippen LogP contribution in [-0.4, -0.2) is 15.7 Å². The first-order valence-corrected chi connectivity index (χ1v) is 9.64. The summed E-state index contributed by atoms with van der Waals surface area (Å²) in [5.74, 6) is -0.843. The second-order valence-corrected chi connectivity index (χ2v) is 7.37. The number of nitriles is 1. The lowest BCUT2D eigenvalue weighted by Crippen LogP contribution is -2.14. The summed E-state index contributed by atoms with van der Waals surface area (Å²) >= 11 is 6.46. The molecule has 0 aliphatic carbocycles. The smallest absolute Gasteiger partial charge is 0.266 e. The summed E-state index contributed by atoms with van der Waals surface area (Å²) in [6.45, 7) is 5.94. The van der Waals surface area contributed by atoms with E-state index < -0.39 is 5.91 Å². The molecule has 7 heteroatoms. The van der Waals surface area contributed by atoms with E-state index in [1.54, 1.807) is 29.8 Å². The Hall–Kier alpha value is -3.43. The zero-order valence-electron chi connectivity index (χ0n) is 16.8. The Morgan fingerprint density at radius 2 is 1.93 bits per heavy atom. The molecule has 0 bridgehead atoms. The van der Waals surface area contributed by atoms with Gasteiger partial charge in [-0.2, -0.15) is 10.4 Å². The number of carbonyl (C=O) groups is 1. The summed E-state index contributed by atoms with van der Waals surface area (Å²) in [6.07, 6.45) is 1.44. The van der Waals surface area contributed by atoms with Gasteiger partial charge >= 0.3 is 0 Å². The van der Waals surface area contributed by atoms with Gasteiger partial charge in [0.1, 0.15) is 22.6 Å². The van der Waals surface area contributed by atoms with Gasteiger partial charge in [-0.1, -0.05) is 41.4 Å². The van der Waals surface area contributed by atoms with Crippen molar-refractivity contribution in [2.75, 3.05) is 5.32 Å². The first kappa shape index (κ1) is 21.3. The summed E-state index contributed by atoms with van der Waals surface area (Å²) in [4.78, 5) is 12.6. The van der Waals surface area contributed by atoms with Gasteiger partial charge in [0.25, 0.3) is 5.91 Å². The molecule has 2 aromatic carbocycles. The molecule has 1 heterocycles. The van der Waals surface area contributed by atoms with Gasteiger partial charge < -0.3 is 5.32 Å². The molecule has 1 aromatic heterocycles. The number of amides is 1. The van der Waals surface area contributed by atoms with Crippen LogP contribution in [0.15, 0.2) is 48.0 Å². The number of nitrogens with one attached hydrogen (secondary N) is 1. The van der Waals surface area contributed by atoms with Gasteiger partial charge in [0.2, 0.25) is 0 Å². The lowest BCUT2D eigenvalue weighted by atomic mass is 10.1. The molecular formula is C23H20ClFN4O. The Balaban J connectivity index is 1.86. The highest BCUT2D eigenvalue weighted by Crippen LogP contribution is 2.24. The van der Waals surface area contributed by atoms with Gasteiger partial charge in [-0.05, 0) is 56.2 Å². The van der Waals surface area contributed by atoms with E-state index in [9.17, 15) is 14.4 Å². The van der Waals surface area contributed by atoms with E-state index in [-0.39, 0.29) is 11.4 Å². The third-order valence-corrected chi connectivity index (χ3v) is 5.04. The molecule has 0 saturated carbocycles. The zero-order chi connectivity index (χ0) is 21.8. The summed E-state index contributed by atoms with van der Waals surface area (Å²) in [6, 6.07) is 13.6. The van der Waals surface area contributed by atoms with Crippen molar-refractivity contribution in [3.63, 3.8) is 0 Å². The summed E-state index contributed by atoms with van der Waals surface area (Å²) in [7, 11) is 0. The number of benzene rings is 2. The number of aromatic nitrogens is 2. The predicted octanol–water partition coefficient (Wildman–Crippen LogP) is 5.19. The van der Waals surface area contributed by atoms with Crippen molar-refractivity contribution in [2.45, 2.75) is 27.3 Å². The highest BCUT2D eigenvalue weighted by molar-refractivity contribution is 6.31. The topological polar surface area (TPSA) is 70.7 Å². The summed E-state index contributed by atoms with van der Waals surface area (Å²) < 4.78 is 14.7. The SMILES string of the molecule is Cc1ccc(NC(=O)/C(C#N)=C/c2c(C)nn(Cc3ccc(F)cc3)c2Cl)c(C)c1. The molecule has 0 fully saturated rings. The fraction of sp³-hybridized carbons (Fsp3) is 0.174. The third-order valence-electron chi connectivity index (χ3n) is 4.64. The minimum Gasteiger partial charge on any atom is -0.321 e. The monoisotopic (exact) mass is 422 g/mol. The first-order valence-electron chi connectivity index (χ1n) is 9.26. The highest BCUT2D eigenvalue weighted by Gasteiger charge is 2.17. The summed E-state index contributed by atoms with van der Waals surface area (Å²) in [5, 5.41) is 17.0. The molecule has 0 spiro atoms. The van der Waals surface area contributed by atoms with Crippen LogP contribution in [0.25, 0.3) is 6.08 Å². The maximum atomic E-state index is 13.1. The predicted molar refractivity (Wildman–Crippen MR) is 116 cm³/mol. The van der Waals surface area contributed by atoms with Crippen molar-refractivity contribution in [2.24, 2.45) is 0 Å². The highest BCUT2D eigenvalue weighted by atomic mass is 35.5. The van der Waals surface area contributed by atoms with Crippen LogP contribution >= 0.6 is 11.6 Å². The molecular weight excluding hydrogens is 403 g/mol. The molecule has 152 valence electrons. The van der Waals surface area contributed by atoms with E-state index in [1.165, 1.54) is 18.2 Å². The summed E-state index contributed by atoms with van der Waals surface area (Å²) in [5.41, 5.74) is 4.44. The van der Waals surface area contributed by atoms with E-state index in [0.29, 0.717) is 28.6 Å². The standard InChI is InChI=1S/C23H20ClFN4O/c1-14-4-9-21(15(2)10-14)27-23(30)18(12-26)11-20-16(3)28-29(22(20)24)13-17-5-7-19(25)8-6-17/h4-11H,13H2,1-3H3,(H,27,30)/b18-11+. The lowest BCUT2D eigenvalue weighted by Gasteiger charge is -2.08. The Kier molecular flexibility index (Phi) is 6.34. The van der Waals surface area contributed by atoms with E-state index in [2.05, 4.69) is 10.4 Å². The average molecular weight is 423 g/mol. The number of anilines is 1. The molecule has 0 radical (unpaired) electrons. The van der Waals surface area contributed by atoms with Crippen LogP contribution in [0.4, 0.5) is 10.1 Å². The minimum absolute atomic E-state index is 0.0821. The number of aryl methyl sites for hydroxylation is 3. The van der Waals surface area contributed by atoms with Crippen molar-refractivity contribution >= 4 is 29.3 Å². The van der Waals surface area contributed by atoms with E-state index in [4.69, 9.17) is 11.6 Å². The number of hydrogen-bond donors (Lipinski definition) is 1. The third kappa shape index (κ3) is 4.76. The molecule has 3 aromatic rings. The molecule has 0 aliphatic rings. The van der Waals surface area contributed by atoms with Crippen LogP contribution in [-0.2, 0) is 11.3 Å². The van der Waals surface area contributed by atoms with Crippen LogP contribution in [0.3, 0.4) is 0 Å². The molecule has 0 atom stereocenters. The zero-order valence-corrected chi connectivity index (χ0v) is 17.6. The molecule has 0 saturated heterocycles. The average Bonchev–Trinajstić information content (AvgIpc) is 2.96. The van der Waals surface area contributed by atoms with E-state index in [0.717, 1.165) is 16.7 Å². The largest absolute Gasteiger partial charge is 0.321 e. The quantitative estimate of drug-likeness (QED) is 0.454. The number of rotatable bonds is 5. The Labute approximate surface area is 179 Å². The van der Waals surface area contributed by atoms with E-state index in [1.807, 2.05) is 32.0 Å². The molecule has 0 aliphatic heterocycles. The number of hydrogen-bond acceptors (Lipinski definition) is 3. The van der Waals surface area contributed by atoms with Gasteiger partial charge in [0, 0.05) is 11.3 Å². The fourth-order valence-electron chi connectivity index (χ4n) is 3.04. The van der Waals surface area contributed by atoms with E-state index >= 15 is 0 Å². The van der Waals surface area contributed by atoms with Crippen molar-refractivity contribution in [3.8, 4) is 6.07 Å². The van der Waals surface area contributed by atoms with Crippen molar-refractivity contribution in [3.05, 3.63) is 87.0 Å². The van der Waals surface area contributed by atoms with Crippen LogP contribution in [0.2, 0.25) is 5.15 Å². The fourth-order valence-corrected chi connectivity index (χ4v) is 3.32. The number of carbonyl (C=O) groups excluding carboxylic acids is 1. The van der Waals surface area contributed by atoms with Crippen LogP contribution in [0.5, 0.6) is 0 Å². The van der Waals surface area contributed by atoms with Crippen molar-refractivity contribution < 1.29 is 9.18 Å². The van der Waals surface area contributed by atoms with Gasteiger partial charge in [-0.15, -0.1) is 0 Å². The minimum atomic E-state index is -0.522. The van der Waals surface area contributed by atoms with Gasteiger partial charge in [0.15, 0.2) is 0 Å². The van der Waals surface area contributed by atoms with Gasteiger partial charge in [-0.3, -0.25) is 4.79 Å². The van der Waals surface area contributed by atoms with Crippen molar-refractivity contribution in [1.29, 1.82) is 5.26 Å². The second kappa shape index (κ2) is 8.93. The molecule has 1 N–H and O–H groups in total. The van der Waals surface area contributed by atoms with Crippen LogP contribution in [0, 0.1) is 37.9 Å². The van der Waals surface area contributed by atoms with Crippen molar-refractivity contribution in [1.82, 2.24) is 9.78 Å². The van der Waals surface area contributed by atoms with Crippen LogP contribution in [0.1, 0.15) is 27.9 Å². The lowest BCUT2D eigenvalue weighted by molar-refractivity contribution is -0.112. The number of halogens is 2. The molecule has 0 unspecified atom stereocenters. The number of nitrogens with zero attached hydrogens (tertiary/aromatic N) is 3. The molecule has 30 heavy (non-hydrogen) atoms. The second-order valence-electron chi connectivity index (χ2n) is 7.02. The van der Waals surface area contributed by atoms with Gasteiger partial charge in [0.05, 0.1) is 12.2 Å². The van der Waals surface area contributed by atoms with Crippen LogP contribution < -0.4 is 5.32 Å². The maximum absolute atomic E-state index is 13.1. The Morgan fingerprint density at radius 1 is 1.23 bits per heavy atom. The first-order chi connectivity index (χ1) is 14.3. The van der Waals surface area contributed by atoms with Gasteiger partial charge in [-0.25, -0.2) is 9.07 Å². The maximum Gasteiger partial charge on any atom is 0.266 e. The Morgan fingerprint density at radius 3 is 2.57 bits per heavy atom. The normalized spacial score (nSPS) is 11.3. The molecule has 5 nitrogen and oxygen atoms in total. The molecule has 3 rings (SSSR count). The molecule has 1 amide bonds.